The number of hydrogen-bond donors (Lipinski definition) is 0. The number of anilines is 1. The zero-order chi connectivity index (χ0) is 15.9. The van der Waals surface area contributed by atoms with Crippen molar-refractivity contribution in [2.45, 2.75) is 17.9 Å². The van der Waals surface area contributed by atoms with Crippen LogP contribution in [0.1, 0.15) is 17.5 Å². The van der Waals surface area contributed by atoms with E-state index in [1.165, 1.54) is 4.90 Å². The van der Waals surface area contributed by atoms with E-state index in [1.807, 2.05) is 0 Å². The summed E-state index contributed by atoms with van der Waals surface area (Å²) in [5, 5.41) is 0. The summed E-state index contributed by atoms with van der Waals surface area (Å²) in [5.74, 6) is -0.308. The molecule has 4 aliphatic rings. The minimum Gasteiger partial charge on any atom is -0.274 e. The van der Waals surface area contributed by atoms with Crippen LogP contribution in [-0.2, 0) is 30.9 Å². The topological polar surface area (TPSA) is 71.5 Å². The Morgan fingerprint density at radius 1 is 0.913 bits per heavy atom. The highest BCUT2D eigenvalue weighted by molar-refractivity contribution is 7.90. The molecular weight excluding hydrogens is 314 g/mol. The Morgan fingerprint density at radius 3 is 2.17 bits per heavy atom. The van der Waals surface area contributed by atoms with Gasteiger partial charge in [0.1, 0.15) is 0 Å². The number of sulfone groups is 1. The molecule has 5 nitrogen and oxygen atoms in total. The zero-order valence-corrected chi connectivity index (χ0v) is 13.1. The normalized spacial score (nSPS) is 35.9. The van der Waals surface area contributed by atoms with Crippen molar-refractivity contribution in [2.75, 3.05) is 4.90 Å². The molecule has 1 unspecified atom stereocenters. The van der Waals surface area contributed by atoms with Gasteiger partial charge in [0.05, 0.1) is 29.0 Å². The number of carbonyl (C=O) groups excluding carboxylic acids is 2. The maximum Gasteiger partial charge on any atom is 0.238 e. The molecule has 5 rings (SSSR count). The van der Waals surface area contributed by atoms with Crippen LogP contribution in [-0.4, -0.2) is 20.2 Å². The van der Waals surface area contributed by atoms with Crippen LogP contribution in [0.25, 0.3) is 0 Å². The van der Waals surface area contributed by atoms with E-state index in [9.17, 15) is 18.0 Å². The molecule has 0 spiro atoms. The molecule has 1 aromatic carbocycles. The third-order valence-electron chi connectivity index (χ3n) is 5.67. The molecule has 118 valence electrons. The molecule has 0 N–H and O–H groups in total. The third-order valence-corrected chi connectivity index (χ3v) is 7.17. The van der Waals surface area contributed by atoms with Gasteiger partial charge in [-0.2, -0.15) is 0 Å². The molecule has 2 amide bonds. The van der Waals surface area contributed by atoms with Crippen LogP contribution in [0.3, 0.4) is 0 Å². The fraction of sp³-hybridized carbons (Fsp3) is 0.412. The van der Waals surface area contributed by atoms with E-state index in [0.29, 0.717) is 11.3 Å². The highest BCUT2D eigenvalue weighted by Gasteiger charge is 2.59. The van der Waals surface area contributed by atoms with Gasteiger partial charge in [-0.1, -0.05) is 18.2 Å². The summed E-state index contributed by atoms with van der Waals surface area (Å²) >= 11 is 0. The number of hydrogen-bond acceptors (Lipinski definition) is 4. The maximum absolute atomic E-state index is 12.8. The first-order valence-electron chi connectivity index (χ1n) is 7.83. The zero-order valence-electron chi connectivity index (χ0n) is 12.3. The molecule has 1 saturated heterocycles. The van der Waals surface area contributed by atoms with Gasteiger partial charge in [0.25, 0.3) is 0 Å². The molecule has 2 aliphatic heterocycles. The minimum absolute atomic E-state index is 0.00788. The Hall–Kier alpha value is -1.95. The standard InChI is InChI=1S/C17H15NO4S/c19-16-14-9-1-2-10(5-9)15(14)17(20)18(16)13-4-3-11-7-23(21,22)8-12(11)6-13/h1-4,6,9-10,14-15H,5,7-8H2/t9-,10+,14-,15?/m0/s1. The molecule has 23 heavy (non-hydrogen) atoms. The summed E-state index contributed by atoms with van der Waals surface area (Å²) in [5.41, 5.74) is 2.00. The monoisotopic (exact) mass is 329 g/mol. The van der Waals surface area contributed by atoms with Crippen LogP contribution in [0.4, 0.5) is 5.69 Å². The van der Waals surface area contributed by atoms with Gasteiger partial charge in [-0.15, -0.1) is 0 Å². The number of nitrogens with zero attached hydrogens (tertiary/aromatic N) is 1. The van der Waals surface area contributed by atoms with E-state index in [2.05, 4.69) is 12.2 Å². The lowest BCUT2D eigenvalue weighted by atomic mass is 9.85. The molecule has 2 heterocycles. The van der Waals surface area contributed by atoms with Crippen molar-refractivity contribution in [1.29, 1.82) is 0 Å². The van der Waals surface area contributed by atoms with Crippen molar-refractivity contribution in [3.8, 4) is 0 Å². The van der Waals surface area contributed by atoms with Gasteiger partial charge in [0.2, 0.25) is 11.8 Å². The van der Waals surface area contributed by atoms with E-state index >= 15 is 0 Å². The number of imide groups is 1. The number of rotatable bonds is 1. The van der Waals surface area contributed by atoms with E-state index in [1.54, 1.807) is 18.2 Å². The molecule has 6 heteroatoms. The minimum atomic E-state index is -3.09. The Bertz CT molecular complexity index is 871. The van der Waals surface area contributed by atoms with Crippen LogP contribution in [0.2, 0.25) is 0 Å². The number of allylic oxidation sites excluding steroid dienone is 2. The van der Waals surface area contributed by atoms with Gasteiger partial charge in [-0.25, -0.2) is 8.42 Å². The van der Waals surface area contributed by atoms with Gasteiger partial charge >= 0.3 is 0 Å². The van der Waals surface area contributed by atoms with Crippen molar-refractivity contribution in [2.24, 2.45) is 23.7 Å². The lowest BCUT2D eigenvalue weighted by Crippen LogP contribution is -2.32. The van der Waals surface area contributed by atoms with Gasteiger partial charge < -0.3 is 0 Å². The number of fused-ring (bicyclic) bond motifs is 6. The SMILES string of the molecule is O=C1C2[C@@H]3C=C[C@@H](C3)[C@@H]2C(=O)N1c1ccc2c(c1)CS(=O)(=O)C2. The van der Waals surface area contributed by atoms with E-state index < -0.39 is 9.84 Å². The largest absolute Gasteiger partial charge is 0.274 e. The number of amides is 2. The lowest BCUT2D eigenvalue weighted by molar-refractivity contribution is -0.123. The fourth-order valence-electron chi connectivity index (χ4n) is 4.71. The predicted molar refractivity (Wildman–Crippen MR) is 83.0 cm³/mol. The van der Waals surface area contributed by atoms with E-state index in [4.69, 9.17) is 0 Å². The summed E-state index contributed by atoms with van der Waals surface area (Å²) in [6, 6.07) is 5.13. The summed E-state index contributed by atoms with van der Waals surface area (Å²) < 4.78 is 23.5. The molecule has 2 fully saturated rings. The summed E-state index contributed by atoms with van der Waals surface area (Å²) in [6.07, 6.45) is 5.04. The smallest absolute Gasteiger partial charge is 0.238 e. The van der Waals surface area contributed by atoms with Gasteiger partial charge in [0, 0.05) is 0 Å². The van der Waals surface area contributed by atoms with Crippen LogP contribution in [0.5, 0.6) is 0 Å². The second kappa shape index (κ2) is 4.12. The summed E-state index contributed by atoms with van der Waals surface area (Å²) in [6.45, 7) is 0. The Labute approximate surface area is 133 Å². The quantitative estimate of drug-likeness (QED) is 0.577. The first-order chi connectivity index (χ1) is 10.9. The first-order valence-corrected chi connectivity index (χ1v) is 9.65. The molecule has 1 saturated carbocycles. The van der Waals surface area contributed by atoms with Gasteiger partial charge in [-0.05, 0) is 41.5 Å². The van der Waals surface area contributed by atoms with Crippen molar-refractivity contribution < 1.29 is 18.0 Å². The van der Waals surface area contributed by atoms with Crippen LogP contribution >= 0.6 is 0 Å². The number of carbonyl (C=O) groups is 2. The van der Waals surface area contributed by atoms with Crippen LogP contribution in [0.15, 0.2) is 30.4 Å². The Balaban J connectivity index is 1.55. The molecule has 1 aromatic rings. The molecule has 0 radical (unpaired) electrons. The van der Waals surface area contributed by atoms with Crippen molar-refractivity contribution >= 4 is 27.3 Å². The molecular formula is C17H15NO4S. The first kappa shape index (κ1) is 13.5. The lowest BCUT2D eigenvalue weighted by Gasteiger charge is -2.18. The molecule has 0 aromatic heterocycles. The number of benzene rings is 1. The van der Waals surface area contributed by atoms with E-state index in [0.717, 1.165) is 12.0 Å². The van der Waals surface area contributed by atoms with Crippen LogP contribution < -0.4 is 4.90 Å². The highest BCUT2D eigenvalue weighted by Crippen LogP contribution is 2.53. The average Bonchev–Trinajstić information content (AvgIpc) is 3.20. The van der Waals surface area contributed by atoms with Gasteiger partial charge in [0.15, 0.2) is 9.84 Å². The third kappa shape index (κ3) is 1.70. The van der Waals surface area contributed by atoms with E-state index in [-0.39, 0.29) is 47.0 Å². The molecule has 2 aliphatic carbocycles. The van der Waals surface area contributed by atoms with Gasteiger partial charge in [-0.3, -0.25) is 14.5 Å². The second-order valence-corrected chi connectivity index (χ2v) is 9.06. The van der Waals surface area contributed by atoms with Crippen molar-refractivity contribution in [3.63, 3.8) is 0 Å². The summed E-state index contributed by atoms with van der Waals surface area (Å²) in [7, 11) is -3.09. The average molecular weight is 329 g/mol. The second-order valence-electron chi connectivity index (χ2n) is 7.00. The van der Waals surface area contributed by atoms with Crippen molar-refractivity contribution in [3.05, 3.63) is 41.5 Å². The maximum atomic E-state index is 12.8. The Morgan fingerprint density at radius 2 is 1.52 bits per heavy atom. The highest BCUT2D eigenvalue weighted by atomic mass is 32.2. The molecule has 4 atom stereocenters. The predicted octanol–water partition coefficient (Wildman–Crippen LogP) is 1.43. The summed E-state index contributed by atoms with van der Waals surface area (Å²) in [4.78, 5) is 26.8. The molecule has 2 bridgehead atoms. The van der Waals surface area contributed by atoms with Crippen LogP contribution in [0, 0.1) is 23.7 Å². The fourth-order valence-corrected chi connectivity index (χ4v) is 6.31. The Kier molecular flexibility index (Phi) is 2.41. The van der Waals surface area contributed by atoms with Crippen molar-refractivity contribution in [1.82, 2.24) is 0 Å².